The lowest BCUT2D eigenvalue weighted by atomic mass is 9.99. The number of ether oxygens (including phenoxy) is 3. The molecule has 0 unspecified atom stereocenters. The quantitative estimate of drug-likeness (QED) is 0.385. The number of piperidine rings is 1. The monoisotopic (exact) mass is 331 g/mol. The highest BCUT2D eigenvalue weighted by Crippen LogP contribution is 2.09. The molecule has 1 amide bonds. The third kappa shape index (κ3) is 11.4. The smallest absolute Gasteiger partial charge is 0.224 e. The summed E-state index contributed by atoms with van der Waals surface area (Å²) in [6, 6.07) is 0. The lowest BCUT2D eigenvalue weighted by Crippen LogP contribution is -2.40. The van der Waals surface area contributed by atoms with Crippen molar-refractivity contribution >= 4 is 5.91 Å². The summed E-state index contributed by atoms with van der Waals surface area (Å²) in [5.41, 5.74) is 5.36. The van der Waals surface area contributed by atoms with Crippen LogP contribution in [0.15, 0.2) is 0 Å². The van der Waals surface area contributed by atoms with Gasteiger partial charge in [0, 0.05) is 26.3 Å². The summed E-state index contributed by atoms with van der Waals surface area (Å²) in [4.78, 5) is 11.9. The van der Waals surface area contributed by atoms with Crippen LogP contribution in [0.25, 0.3) is 0 Å². The first kappa shape index (κ1) is 20.3. The molecule has 1 rings (SSSR count). The van der Waals surface area contributed by atoms with Crippen molar-refractivity contribution in [2.24, 2.45) is 11.7 Å². The molecular formula is C16H33N3O4. The molecule has 1 fully saturated rings. The summed E-state index contributed by atoms with van der Waals surface area (Å²) in [7, 11) is 0. The van der Waals surface area contributed by atoms with E-state index < -0.39 is 0 Å². The second-order valence-corrected chi connectivity index (χ2v) is 5.67. The number of hydrogen-bond acceptors (Lipinski definition) is 6. The summed E-state index contributed by atoms with van der Waals surface area (Å²) in [6.07, 6.45) is 3.78. The van der Waals surface area contributed by atoms with Gasteiger partial charge in [0.1, 0.15) is 0 Å². The van der Waals surface area contributed by atoms with Crippen molar-refractivity contribution in [1.82, 2.24) is 10.6 Å². The molecule has 1 aliphatic rings. The van der Waals surface area contributed by atoms with Gasteiger partial charge in [0.2, 0.25) is 5.91 Å². The molecule has 0 aromatic rings. The fraction of sp³-hybridized carbons (Fsp3) is 0.938. The number of carbonyl (C=O) groups excluding carboxylic acids is 1. The Hall–Kier alpha value is -0.730. The first-order chi connectivity index (χ1) is 11.3. The molecule has 4 N–H and O–H groups in total. The van der Waals surface area contributed by atoms with Gasteiger partial charge in [0.15, 0.2) is 0 Å². The molecule has 1 heterocycles. The fourth-order valence-electron chi connectivity index (χ4n) is 2.33. The van der Waals surface area contributed by atoms with Gasteiger partial charge in [0.25, 0.3) is 0 Å². The molecule has 1 aliphatic heterocycles. The van der Waals surface area contributed by atoms with Crippen molar-refractivity contribution in [2.75, 3.05) is 65.8 Å². The molecule has 1 atom stereocenters. The van der Waals surface area contributed by atoms with Gasteiger partial charge in [-0.05, 0) is 38.8 Å². The standard InChI is InChI=1S/C16H33N3O4/c17-5-2-8-21-10-12-23-13-11-22-9-3-7-19-16(20)15-4-1-6-18-14-15/h15,18H,1-14,17H2,(H,19,20)/t15-/m0/s1. The molecule has 0 bridgehead atoms. The molecule has 0 saturated carbocycles. The lowest BCUT2D eigenvalue weighted by molar-refractivity contribution is -0.125. The van der Waals surface area contributed by atoms with Gasteiger partial charge in [-0.1, -0.05) is 0 Å². The predicted molar refractivity (Wildman–Crippen MR) is 89.3 cm³/mol. The van der Waals surface area contributed by atoms with Crippen LogP contribution in [0.3, 0.4) is 0 Å². The number of carbonyl (C=O) groups is 1. The van der Waals surface area contributed by atoms with E-state index in [-0.39, 0.29) is 11.8 Å². The van der Waals surface area contributed by atoms with Crippen molar-refractivity contribution in [3.63, 3.8) is 0 Å². The van der Waals surface area contributed by atoms with Gasteiger partial charge in [-0.3, -0.25) is 4.79 Å². The van der Waals surface area contributed by atoms with Gasteiger partial charge in [-0.25, -0.2) is 0 Å². The molecule has 1 saturated heterocycles. The number of nitrogens with two attached hydrogens (primary N) is 1. The predicted octanol–water partition coefficient (Wildman–Crippen LogP) is -0.109. The zero-order chi connectivity index (χ0) is 16.6. The summed E-state index contributed by atoms with van der Waals surface area (Å²) < 4.78 is 16.2. The van der Waals surface area contributed by atoms with Crippen molar-refractivity contribution in [1.29, 1.82) is 0 Å². The van der Waals surface area contributed by atoms with Crippen LogP contribution in [0.1, 0.15) is 25.7 Å². The zero-order valence-electron chi connectivity index (χ0n) is 14.2. The van der Waals surface area contributed by atoms with E-state index in [1.165, 1.54) is 0 Å². The minimum atomic E-state index is 0.130. The normalized spacial score (nSPS) is 18.0. The lowest BCUT2D eigenvalue weighted by Gasteiger charge is -2.21. The topological polar surface area (TPSA) is 94.8 Å². The van der Waals surface area contributed by atoms with Crippen LogP contribution in [-0.4, -0.2) is 71.7 Å². The minimum Gasteiger partial charge on any atom is -0.379 e. The molecule has 0 radical (unpaired) electrons. The molecular weight excluding hydrogens is 298 g/mol. The Labute approximate surface area is 139 Å². The van der Waals surface area contributed by atoms with E-state index in [1.54, 1.807) is 0 Å². The summed E-state index contributed by atoms with van der Waals surface area (Å²) >= 11 is 0. The fourth-order valence-corrected chi connectivity index (χ4v) is 2.33. The molecule has 0 aromatic carbocycles. The van der Waals surface area contributed by atoms with Crippen LogP contribution in [0.2, 0.25) is 0 Å². The molecule has 0 aliphatic carbocycles. The van der Waals surface area contributed by atoms with Crippen LogP contribution in [0.4, 0.5) is 0 Å². The van der Waals surface area contributed by atoms with E-state index in [0.717, 1.165) is 38.8 Å². The molecule has 7 nitrogen and oxygen atoms in total. The Balaban J connectivity index is 1.76. The third-order valence-electron chi connectivity index (χ3n) is 3.67. The molecule has 136 valence electrons. The minimum absolute atomic E-state index is 0.130. The Kier molecular flexibility index (Phi) is 13.1. The third-order valence-corrected chi connectivity index (χ3v) is 3.67. The SMILES string of the molecule is NCCCOCCOCCOCCCNC(=O)[C@H]1CCCNC1. The first-order valence-electron chi connectivity index (χ1n) is 8.76. The highest BCUT2D eigenvalue weighted by atomic mass is 16.5. The van der Waals surface area contributed by atoms with Gasteiger partial charge in [0.05, 0.1) is 32.3 Å². The van der Waals surface area contributed by atoms with Crippen molar-refractivity contribution in [3.8, 4) is 0 Å². The number of hydrogen-bond donors (Lipinski definition) is 3. The van der Waals surface area contributed by atoms with E-state index in [0.29, 0.717) is 52.7 Å². The number of rotatable bonds is 14. The van der Waals surface area contributed by atoms with E-state index in [9.17, 15) is 4.79 Å². The average Bonchev–Trinajstić information content (AvgIpc) is 2.59. The maximum atomic E-state index is 11.9. The van der Waals surface area contributed by atoms with Crippen molar-refractivity contribution < 1.29 is 19.0 Å². The maximum absolute atomic E-state index is 11.9. The highest BCUT2D eigenvalue weighted by Gasteiger charge is 2.19. The largest absolute Gasteiger partial charge is 0.379 e. The van der Waals surface area contributed by atoms with Gasteiger partial charge in [-0.2, -0.15) is 0 Å². The van der Waals surface area contributed by atoms with Gasteiger partial charge in [-0.15, -0.1) is 0 Å². The van der Waals surface area contributed by atoms with E-state index in [1.807, 2.05) is 0 Å². The zero-order valence-corrected chi connectivity index (χ0v) is 14.2. The highest BCUT2D eigenvalue weighted by molar-refractivity contribution is 5.78. The van der Waals surface area contributed by atoms with Gasteiger partial charge < -0.3 is 30.6 Å². The summed E-state index contributed by atoms with van der Waals surface area (Å²) in [5.74, 6) is 0.292. The number of amides is 1. The van der Waals surface area contributed by atoms with E-state index in [4.69, 9.17) is 19.9 Å². The van der Waals surface area contributed by atoms with Crippen LogP contribution in [-0.2, 0) is 19.0 Å². The average molecular weight is 331 g/mol. The first-order valence-corrected chi connectivity index (χ1v) is 8.76. The number of nitrogens with one attached hydrogen (secondary N) is 2. The summed E-state index contributed by atoms with van der Waals surface area (Å²) in [5, 5.41) is 6.22. The Morgan fingerprint density at radius 1 is 1.04 bits per heavy atom. The van der Waals surface area contributed by atoms with Crippen LogP contribution < -0.4 is 16.4 Å². The van der Waals surface area contributed by atoms with Crippen molar-refractivity contribution in [2.45, 2.75) is 25.7 Å². The van der Waals surface area contributed by atoms with E-state index >= 15 is 0 Å². The summed E-state index contributed by atoms with van der Waals surface area (Å²) in [6.45, 7) is 6.82. The Morgan fingerprint density at radius 3 is 2.30 bits per heavy atom. The molecule has 0 aromatic heterocycles. The Morgan fingerprint density at radius 2 is 1.70 bits per heavy atom. The van der Waals surface area contributed by atoms with Crippen molar-refractivity contribution in [3.05, 3.63) is 0 Å². The van der Waals surface area contributed by atoms with Crippen LogP contribution in [0.5, 0.6) is 0 Å². The van der Waals surface area contributed by atoms with Crippen LogP contribution >= 0.6 is 0 Å². The second-order valence-electron chi connectivity index (χ2n) is 5.67. The molecule has 23 heavy (non-hydrogen) atoms. The molecule has 7 heteroatoms. The Bertz CT molecular complexity index is 286. The van der Waals surface area contributed by atoms with Gasteiger partial charge >= 0.3 is 0 Å². The second kappa shape index (κ2) is 14.8. The van der Waals surface area contributed by atoms with Crippen LogP contribution in [0, 0.1) is 5.92 Å². The maximum Gasteiger partial charge on any atom is 0.224 e. The molecule has 0 spiro atoms. The van der Waals surface area contributed by atoms with E-state index in [2.05, 4.69) is 10.6 Å².